The van der Waals surface area contributed by atoms with E-state index in [-0.39, 0.29) is 24.0 Å². The van der Waals surface area contributed by atoms with Gasteiger partial charge in [-0.1, -0.05) is 61.4 Å². The van der Waals surface area contributed by atoms with Crippen molar-refractivity contribution in [2.24, 2.45) is 13.0 Å². The molecule has 2 amide bonds. The maximum Gasteiger partial charge on any atom is 0.407 e. The van der Waals surface area contributed by atoms with Crippen molar-refractivity contribution in [1.29, 1.82) is 0 Å². The third-order valence-electron chi connectivity index (χ3n) is 6.57. The van der Waals surface area contributed by atoms with Gasteiger partial charge in [0.2, 0.25) is 5.91 Å². The van der Waals surface area contributed by atoms with Crippen LogP contribution in [0.3, 0.4) is 0 Å². The number of ether oxygens (including phenoxy) is 1. The summed E-state index contributed by atoms with van der Waals surface area (Å²) in [7, 11) is 1.54. The molecule has 1 heterocycles. The van der Waals surface area contributed by atoms with Crippen LogP contribution in [-0.4, -0.2) is 45.5 Å². The standard InChI is InChI=1S/C26H26N4O5/c1-30-23(13-22(29-30)25(32)33)28-24(31)21(12-15-10-11-15)27-26(34)35-14-20-18-8-4-2-6-16(18)17-7-3-5-9-19(17)20/h2-9,13,15,20-21H,10-12,14H2,1H3,(H,27,34)(H,28,31)(H,32,33). The molecule has 3 aromatic rings. The maximum atomic E-state index is 13.0. The van der Waals surface area contributed by atoms with Gasteiger partial charge < -0.3 is 20.5 Å². The lowest BCUT2D eigenvalue weighted by Crippen LogP contribution is -2.44. The van der Waals surface area contributed by atoms with E-state index in [9.17, 15) is 14.4 Å². The summed E-state index contributed by atoms with van der Waals surface area (Å²) in [6.07, 6.45) is 1.83. The molecule has 2 aliphatic carbocycles. The van der Waals surface area contributed by atoms with E-state index < -0.39 is 24.0 Å². The van der Waals surface area contributed by atoms with E-state index in [1.807, 2.05) is 36.4 Å². The average Bonchev–Trinajstić information content (AvgIpc) is 3.51. The zero-order valence-corrected chi connectivity index (χ0v) is 19.2. The fourth-order valence-electron chi connectivity index (χ4n) is 4.60. The van der Waals surface area contributed by atoms with Crippen LogP contribution in [0.1, 0.15) is 46.8 Å². The molecule has 9 heteroatoms. The Balaban J connectivity index is 1.25. The third kappa shape index (κ3) is 4.75. The van der Waals surface area contributed by atoms with Crippen molar-refractivity contribution in [2.45, 2.75) is 31.2 Å². The molecule has 5 rings (SSSR count). The Hall–Kier alpha value is -4.14. The molecule has 2 aromatic carbocycles. The second kappa shape index (κ2) is 9.25. The number of carbonyl (C=O) groups excluding carboxylic acids is 2. The number of aromatic carboxylic acids is 1. The molecule has 1 fully saturated rings. The van der Waals surface area contributed by atoms with Gasteiger partial charge in [0.25, 0.3) is 0 Å². The van der Waals surface area contributed by atoms with Crippen LogP contribution in [-0.2, 0) is 16.6 Å². The van der Waals surface area contributed by atoms with Crippen molar-refractivity contribution in [3.8, 4) is 11.1 Å². The molecule has 0 radical (unpaired) electrons. The average molecular weight is 475 g/mol. The summed E-state index contributed by atoms with van der Waals surface area (Å²) in [5, 5.41) is 18.4. The van der Waals surface area contributed by atoms with Crippen molar-refractivity contribution in [3.63, 3.8) is 0 Å². The minimum atomic E-state index is -1.19. The van der Waals surface area contributed by atoms with Gasteiger partial charge in [0.1, 0.15) is 18.5 Å². The van der Waals surface area contributed by atoms with E-state index in [0.29, 0.717) is 12.3 Å². The fourth-order valence-corrected chi connectivity index (χ4v) is 4.60. The SMILES string of the molecule is Cn1nc(C(=O)O)cc1NC(=O)C(CC1CC1)NC(=O)OCC1c2ccccc2-c2ccccc21. The third-order valence-corrected chi connectivity index (χ3v) is 6.57. The molecule has 35 heavy (non-hydrogen) atoms. The summed E-state index contributed by atoms with van der Waals surface area (Å²) in [5.74, 6) is -1.10. The number of carbonyl (C=O) groups is 3. The number of rotatable bonds is 8. The van der Waals surface area contributed by atoms with Gasteiger partial charge >= 0.3 is 12.1 Å². The van der Waals surface area contributed by atoms with E-state index in [1.54, 1.807) is 0 Å². The summed E-state index contributed by atoms with van der Waals surface area (Å²) in [6.45, 7) is 0.154. The quantitative estimate of drug-likeness (QED) is 0.457. The van der Waals surface area contributed by atoms with Gasteiger partial charge in [0.05, 0.1) is 0 Å². The first-order valence-corrected chi connectivity index (χ1v) is 11.6. The fraction of sp³-hybridized carbons (Fsp3) is 0.308. The first-order chi connectivity index (χ1) is 16.9. The van der Waals surface area contributed by atoms with Crippen LogP contribution >= 0.6 is 0 Å². The normalized spacial score (nSPS) is 15.1. The lowest BCUT2D eigenvalue weighted by atomic mass is 9.98. The highest BCUT2D eigenvalue weighted by Crippen LogP contribution is 2.44. The van der Waals surface area contributed by atoms with Crippen LogP contribution in [0.2, 0.25) is 0 Å². The van der Waals surface area contributed by atoms with Crippen LogP contribution in [0.4, 0.5) is 10.6 Å². The molecule has 1 aromatic heterocycles. The number of hydrogen-bond donors (Lipinski definition) is 3. The van der Waals surface area contributed by atoms with Gasteiger partial charge in [0, 0.05) is 19.0 Å². The Labute approximate surface area is 202 Å². The summed E-state index contributed by atoms with van der Waals surface area (Å²) >= 11 is 0. The monoisotopic (exact) mass is 474 g/mol. The molecule has 180 valence electrons. The number of aryl methyl sites for hydroxylation is 1. The van der Waals surface area contributed by atoms with Crippen molar-refractivity contribution >= 4 is 23.8 Å². The molecular formula is C26H26N4O5. The van der Waals surface area contributed by atoms with Crippen molar-refractivity contribution in [2.75, 3.05) is 11.9 Å². The Morgan fingerprint density at radius 2 is 1.71 bits per heavy atom. The van der Waals surface area contributed by atoms with E-state index in [0.717, 1.165) is 35.1 Å². The number of hydrogen-bond acceptors (Lipinski definition) is 5. The highest BCUT2D eigenvalue weighted by Gasteiger charge is 2.33. The van der Waals surface area contributed by atoms with E-state index in [2.05, 4.69) is 27.9 Å². The van der Waals surface area contributed by atoms with Crippen LogP contribution in [0.15, 0.2) is 54.6 Å². The highest BCUT2D eigenvalue weighted by molar-refractivity contribution is 5.97. The number of amides is 2. The first kappa shape index (κ1) is 22.6. The number of nitrogens with one attached hydrogen (secondary N) is 2. The number of alkyl carbamates (subject to hydrolysis) is 1. The Morgan fingerprint density at radius 3 is 2.29 bits per heavy atom. The topological polar surface area (TPSA) is 123 Å². The van der Waals surface area contributed by atoms with Gasteiger partial charge in [-0.05, 0) is 34.6 Å². The van der Waals surface area contributed by atoms with Crippen molar-refractivity contribution in [3.05, 3.63) is 71.4 Å². The largest absolute Gasteiger partial charge is 0.476 e. The Bertz CT molecular complexity index is 1250. The second-order valence-electron chi connectivity index (χ2n) is 9.03. The van der Waals surface area contributed by atoms with Crippen molar-refractivity contribution in [1.82, 2.24) is 15.1 Å². The molecule has 1 atom stereocenters. The van der Waals surface area contributed by atoms with E-state index in [4.69, 9.17) is 9.84 Å². The number of anilines is 1. The molecule has 3 N–H and O–H groups in total. The van der Waals surface area contributed by atoms with Crippen molar-refractivity contribution < 1.29 is 24.2 Å². The molecule has 0 spiro atoms. The minimum Gasteiger partial charge on any atom is -0.476 e. The lowest BCUT2D eigenvalue weighted by molar-refractivity contribution is -0.118. The molecule has 1 saturated carbocycles. The first-order valence-electron chi connectivity index (χ1n) is 11.6. The van der Waals surface area contributed by atoms with Crippen LogP contribution in [0.25, 0.3) is 11.1 Å². The maximum absolute atomic E-state index is 13.0. The number of benzene rings is 2. The smallest absolute Gasteiger partial charge is 0.407 e. The highest BCUT2D eigenvalue weighted by atomic mass is 16.5. The number of carboxylic acid groups (broad SMARTS) is 1. The van der Waals surface area contributed by atoms with Crippen LogP contribution in [0, 0.1) is 5.92 Å². The molecule has 0 saturated heterocycles. The predicted octanol–water partition coefficient (Wildman–Crippen LogP) is 3.76. The zero-order chi connectivity index (χ0) is 24.5. The van der Waals surface area contributed by atoms with Gasteiger partial charge in [-0.15, -0.1) is 0 Å². The molecule has 0 aliphatic heterocycles. The lowest BCUT2D eigenvalue weighted by Gasteiger charge is -2.19. The van der Waals surface area contributed by atoms with E-state index >= 15 is 0 Å². The minimum absolute atomic E-state index is 0.0762. The Morgan fingerprint density at radius 1 is 1.09 bits per heavy atom. The zero-order valence-electron chi connectivity index (χ0n) is 19.2. The summed E-state index contributed by atoms with van der Waals surface area (Å²) in [6, 6.07) is 16.6. The summed E-state index contributed by atoms with van der Waals surface area (Å²) in [4.78, 5) is 36.9. The number of nitrogens with zero attached hydrogens (tertiary/aromatic N) is 2. The molecular weight excluding hydrogens is 448 g/mol. The van der Waals surface area contributed by atoms with E-state index in [1.165, 1.54) is 17.8 Å². The number of carboxylic acids is 1. The van der Waals surface area contributed by atoms with Crippen LogP contribution in [0.5, 0.6) is 0 Å². The Kier molecular flexibility index (Phi) is 5.98. The summed E-state index contributed by atoms with van der Waals surface area (Å²) < 4.78 is 6.89. The van der Waals surface area contributed by atoms with Gasteiger partial charge in [-0.25, -0.2) is 9.59 Å². The number of aromatic nitrogens is 2. The van der Waals surface area contributed by atoms with Gasteiger partial charge in [-0.3, -0.25) is 9.48 Å². The molecule has 2 aliphatic rings. The van der Waals surface area contributed by atoms with Gasteiger partial charge in [0.15, 0.2) is 5.69 Å². The van der Waals surface area contributed by atoms with Crippen LogP contribution < -0.4 is 10.6 Å². The second-order valence-corrected chi connectivity index (χ2v) is 9.03. The molecule has 9 nitrogen and oxygen atoms in total. The predicted molar refractivity (Wildman–Crippen MR) is 128 cm³/mol. The molecule has 0 bridgehead atoms. The number of fused-ring (bicyclic) bond motifs is 3. The van der Waals surface area contributed by atoms with Gasteiger partial charge in [-0.2, -0.15) is 5.10 Å². The molecule has 1 unspecified atom stereocenters. The summed E-state index contributed by atoms with van der Waals surface area (Å²) in [5.41, 5.74) is 4.32.